The van der Waals surface area contributed by atoms with Crippen LogP contribution in [0.5, 0.6) is 5.75 Å². The second-order valence-corrected chi connectivity index (χ2v) is 6.83. The van der Waals surface area contributed by atoms with Crippen LogP contribution in [0.3, 0.4) is 0 Å². The summed E-state index contributed by atoms with van der Waals surface area (Å²) in [7, 11) is 1.70. The molecule has 2 aliphatic rings. The Hall–Kier alpha value is -2.87. The van der Waals surface area contributed by atoms with Gasteiger partial charge in [-0.3, -0.25) is 4.79 Å². The number of benzene rings is 1. The molecule has 8 heteroatoms. The number of anilines is 2. The monoisotopic (exact) mass is 383 g/mol. The third kappa shape index (κ3) is 3.87. The minimum absolute atomic E-state index is 0.0802. The smallest absolute Gasteiger partial charge is 0.274 e. The Balaban J connectivity index is 1.37. The molecule has 2 fully saturated rings. The molecule has 0 radical (unpaired) electrons. The van der Waals surface area contributed by atoms with Gasteiger partial charge in [-0.1, -0.05) is 12.1 Å². The van der Waals surface area contributed by atoms with Crippen LogP contribution in [0, 0.1) is 0 Å². The van der Waals surface area contributed by atoms with Gasteiger partial charge < -0.3 is 24.2 Å². The van der Waals surface area contributed by atoms with Gasteiger partial charge in [-0.15, -0.1) is 10.2 Å². The molecular formula is C20H25N5O3. The summed E-state index contributed by atoms with van der Waals surface area (Å²) in [6, 6.07) is 11.7. The van der Waals surface area contributed by atoms with Crippen molar-refractivity contribution >= 4 is 17.4 Å². The van der Waals surface area contributed by atoms with Gasteiger partial charge >= 0.3 is 0 Å². The van der Waals surface area contributed by atoms with Crippen molar-refractivity contribution in [1.82, 2.24) is 15.1 Å². The topological polar surface area (TPSA) is 71.0 Å². The summed E-state index contributed by atoms with van der Waals surface area (Å²) in [4.78, 5) is 18.8. The van der Waals surface area contributed by atoms with E-state index in [1.54, 1.807) is 18.1 Å². The van der Waals surface area contributed by atoms with Crippen molar-refractivity contribution in [2.75, 3.05) is 69.4 Å². The Morgan fingerprint density at radius 1 is 0.929 bits per heavy atom. The fraction of sp³-hybridized carbons (Fsp3) is 0.450. The summed E-state index contributed by atoms with van der Waals surface area (Å²) in [5.74, 6) is 1.61. The summed E-state index contributed by atoms with van der Waals surface area (Å²) < 4.78 is 10.8. The lowest BCUT2D eigenvalue weighted by Gasteiger charge is -2.37. The lowest BCUT2D eigenvalue weighted by Crippen LogP contribution is -2.47. The van der Waals surface area contributed by atoms with Crippen LogP contribution in [0.4, 0.5) is 11.5 Å². The zero-order valence-corrected chi connectivity index (χ0v) is 16.1. The molecule has 0 saturated carbocycles. The standard InChI is InChI=1S/C20H25N5O3/c1-27-18-5-3-2-4-17(18)23-8-10-24(11-9-23)19-7-6-16(21-22-19)20(26)25-12-14-28-15-13-25/h2-7H,8-15H2,1H3. The molecule has 0 aliphatic carbocycles. The summed E-state index contributed by atoms with van der Waals surface area (Å²) >= 11 is 0. The molecule has 0 atom stereocenters. The second-order valence-electron chi connectivity index (χ2n) is 6.83. The molecule has 28 heavy (non-hydrogen) atoms. The van der Waals surface area contributed by atoms with Gasteiger partial charge in [0.05, 0.1) is 26.0 Å². The van der Waals surface area contributed by atoms with Crippen LogP contribution in [-0.2, 0) is 4.74 Å². The molecule has 4 rings (SSSR count). The number of carbonyl (C=O) groups is 1. The fourth-order valence-electron chi connectivity index (χ4n) is 3.60. The molecule has 2 aliphatic heterocycles. The maximum atomic E-state index is 12.5. The van der Waals surface area contributed by atoms with Crippen molar-refractivity contribution in [2.45, 2.75) is 0 Å². The normalized spacial score (nSPS) is 17.5. The first-order valence-electron chi connectivity index (χ1n) is 9.60. The van der Waals surface area contributed by atoms with Crippen molar-refractivity contribution in [3.63, 3.8) is 0 Å². The van der Waals surface area contributed by atoms with E-state index < -0.39 is 0 Å². The number of rotatable bonds is 4. The van der Waals surface area contributed by atoms with Gasteiger partial charge in [0, 0.05) is 39.3 Å². The molecule has 148 valence electrons. The predicted molar refractivity (Wildman–Crippen MR) is 106 cm³/mol. The van der Waals surface area contributed by atoms with Crippen LogP contribution in [0.25, 0.3) is 0 Å². The van der Waals surface area contributed by atoms with Gasteiger partial charge in [0.1, 0.15) is 5.75 Å². The van der Waals surface area contributed by atoms with E-state index in [0.717, 1.165) is 43.4 Å². The van der Waals surface area contributed by atoms with Gasteiger partial charge in [0.25, 0.3) is 5.91 Å². The summed E-state index contributed by atoms with van der Waals surface area (Å²) in [6.45, 7) is 5.78. The first kappa shape index (κ1) is 18.5. The van der Waals surface area contributed by atoms with Crippen LogP contribution in [0.2, 0.25) is 0 Å². The highest BCUT2D eigenvalue weighted by atomic mass is 16.5. The summed E-state index contributed by atoms with van der Waals surface area (Å²) in [6.07, 6.45) is 0. The average Bonchev–Trinajstić information content (AvgIpc) is 2.79. The zero-order valence-electron chi connectivity index (χ0n) is 16.1. The number of piperazine rings is 1. The van der Waals surface area contributed by atoms with Crippen molar-refractivity contribution < 1.29 is 14.3 Å². The van der Waals surface area contributed by atoms with E-state index in [9.17, 15) is 4.79 Å². The molecule has 0 spiro atoms. The van der Waals surface area contributed by atoms with Crippen LogP contribution >= 0.6 is 0 Å². The van der Waals surface area contributed by atoms with Gasteiger partial charge in [-0.25, -0.2) is 0 Å². The number of aromatic nitrogens is 2. The quantitative estimate of drug-likeness (QED) is 0.788. The number of ether oxygens (including phenoxy) is 2. The van der Waals surface area contributed by atoms with Crippen molar-refractivity contribution in [3.05, 3.63) is 42.1 Å². The van der Waals surface area contributed by atoms with E-state index in [4.69, 9.17) is 9.47 Å². The highest BCUT2D eigenvalue weighted by Crippen LogP contribution is 2.28. The Kier molecular flexibility index (Phi) is 5.57. The number of hydrogen-bond acceptors (Lipinski definition) is 7. The molecule has 1 amide bonds. The van der Waals surface area contributed by atoms with E-state index in [0.29, 0.717) is 32.0 Å². The Morgan fingerprint density at radius 3 is 2.32 bits per heavy atom. The van der Waals surface area contributed by atoms with E-state index in [1.165, 1.54) is 0 Å². The molecule has 2 aromatic rings. The number of morpholine rings is 1. The minimum atomic E-state index is -0.0802. The van der Waals surface area contributed by atoms with Crippen LogP contribution < -0.4 is 14.5 Å². The molecule has 3 heterocycles. The van der Waals surface area contributed by atoms with Crippen LogP contribution in [0.15, 0.2) is 36.4 Å². The molecule has 1 aromatic carbocycles. The van der Waals surface area contributed by atoms with E-state index in [-0.39, 0.29) is 5.91 Å². The maximum Gasteiger partial charge on any atom is 0.274 e. The van der Waals surface area contributed by atoms with Crippen molar-refractivity contribution in [2.24, 2.45) is 0 Å². The lowest BCUT2D eigenvalue weighted by atomic mass is 10.2. The molecule has 0 unspecified atom stereocenters. The SMILES string of the molecule is COc1ccccc1N1CCN(c2ccc(C(=O)N3CCOCC3)nn2)CC1. The third-order valence-corrected chi connectivity index (χ3v) is 5.20. The number of para-hydroxylation sites is 2. The van der Waals surface area contributed by atoms with Crippen molar-refractivity contribution in [1.29, 1.82) is 0 Å². The van der Waals surface area contributed by atoms with Crippen LogP contribution in [-0.4, -0.2) is 80.6 Å². The molecule has 0 N–H and O–H groups in total. The van der Waals surface area contributed by atoms with E-state index in [2.05, 4.69) is 26.1 Å². The molecular weight excluding hydrogens is 358 g/mol. The number of carbonyl (C=O) groups excluding carboxylic acids is 1. The van der Waals surface area contributed by atoms with Crippen LogP contribution in [0.1, 0.15) is 10.5 Å². The molecule has 2 saturated heterocycles. The number of methoxy groups -OCH3 is 1. The highest BCUT2D eigenvalue weighted by Gasteiger charge is 2.23. The third-order valence-electron chi connectivity index (χ3n) is 5.20. The fourth-order valence-corrected chi connectivity index (χ4v) is 3.60. The predicted octanol–water partition coefficient (Wildman–Crippen LogP) is 1.28. The zero-order chi connectivity index (χ0) is 19.3. The first-order valence-corrected chi connectivity index (χ1v) is 9.60. The Labute approximate surface area is 164 Å². The van der Waals surface area contributed by atoms with E-state index >= 15 is 0 Å². The summed E-state index contributed by atoms with van der Waals surface area (Å²) in [5.41, 5.74) is 1.50. The minimum Gasteiger partial charge on any atom is -0.495 e. The van der Waals surface area contributed by atoms with Gasteiger partial charge in [0.2, 0.25) is 0 Å². The summed E-state index contributed by atoms with van der Waals surface area (Å²) in [5, 5.41) is 8.48. The van der Waals surface area contributed by atoms with Gasteiger partial charge in [-0.05, 0) is 24.3 Å². The lowest BCUT2D eigenvalue weighted by molar-refractivity contribution is 0.0298. The average molecular weight is 383 g/mol. The first-order chi connectivity index (χ1) is 13.8. The largest absolute Gasteiger partial charge is 0.495 e. The van der Waals surface area contributed by atoms with Crippen molar-refractivity contribution in [3.8, 4) is 5.75 Å². The molecule has 8 nitrogen and oxygen atoms in total. The van der Waals surface area contributed by atoms with Gasteiger partial charge in [0.15, 0.2) is 11.5 Å². The maximum absolute atomic E-state index is 12.5. The highest BCUT2D eigenvalue weighted by molar-refractivity contribution is 5.92. The molecule has 0 bridgehead atoms. The Bertz CT molecular complexity index is 800. The number of nitrogens with zero attached hydrogens (tertiary/aromatic N) is 5. The number of amides is 1. The Morgan fingerprint density at radius 2 is 1.64 bits per heavy atom. The van der Waals surface area contributed by atoms with E-state index in [1.807, 2.05) is 24.3 Å². The van der Waals surface area contributed by atoms with Gasteiger partial charge in [-0.2, -0.15) is 0 Å². The molecule has 1 aromatic heterocycles. The second kappa shape index (κ2) is 8.43. The number of hydrogen-bond donors (Lipinski definition) is 0.